The number of rotatable bonds is 6. The van der Waals surface area contributed by atoms with Crippen molar-refractivity contribution in [2.45, 2.75) is 70.4 Å². The monoisotopic (exact) mass is 541 g/mol. The Morgan fingerprint density at radius 1 is 0.850 bits per heavy atom. The molecule has 2 aliphatic rings. The lowest BCUT2D eigenvalue weighted by molar-refractivity contribution is -0.160. The van der Waals surface area contributed by atoms with Gasteiger partial charge in [0.2, 0.25) is 5.91 Å². The van der Waals surface area contributed by atoms with E-state index in [-0.39, 0.29) is 17.6 Å². The van der Waals surface area contributed by atoms with Crippen molar-refractivity contribution < 1.29 is 23.9 Å². The van der Waals surface area contributed by atoms with Gasteiger partial charge in [0, 0.05) is 17.4 Å². The Balaban J connectivity index is 1.79. The van der Waals surface area contributed by atoms with Gasteiger partial charge in [0.15, 0.2) is 5.78 Å². The van der Waals surface area contributed by atoms with Crippen LogP contribution >= 0.6 is 0 Å². The lowest BCUT2D eigenvalue weighted by Gasteiger charge is -2.40. The number of aryl methyl sites for hydroxylation is 2. The fourth-order valence-electron chi connectivity index (χ4n) is 6.98. The van der Waals surface area contributed by atoms with Crippen LogP contribution in [0.4, 0.5) is 4.39 Å². The van der Waals surface area contributed by atoms with Gasteiger partial charge in [0.05, 0.1) is 12.0 Å². The van der Waals surface area contributed by atoms with E-state index in [4.69, 9.17) is 0 Å². The summed E-state index contributed by atoms with van der Waals surface area (Å²) >= 11 is 0. The topological polar surface area (TPSA) is 74.7 Å². The minimum absolute atomic E-state index is 0.220. The molecule has 5 rings (SSSR count). The van der Waals surface area contributed by atoms with Crippen LogP contribution in [0, 0.1) is 31.5 Å². The van der Waals surface area contributed by atoms with Crippen molar-refractivity contribution in [3.63, 3.8) is 0 Å². The number of carbonyl (C=O) groups excluding carboxylic acids is 2. The number of carboxylic acid groups (broad SMARTS) is 1. The van der Waals surface area contributed by atoms with Crippen LogP contribution in [0.15, 0.2) is 72.8 Å². The molecule has 0 aromatic heterocycles. The molecule has 1 aliphatic carbocycles. The first-order valence-corrected chi connectivity index (χ1v) is 14.1. The zero-order valence-corrected chi connectivity index (χ0v) is 23.3. The van der Waals surface area contributed by atoms with Gasteiger partial charge in [-0.05, 0) is 62.9 Å². The molecule has 1 aliphatic heterocycles. The Bertz CT molecular complexity index is 1430. The summed E-state index contributed by atoms with van der Waals surface area (Å²) in [6.07, 6.45) is 4.27. The van der Waals surface area contributed by atoms with E-state index < -0.39 is 35.2 Å². The summed E-state index contributed by atoms with van der Waals surface area (Å²) in [4.78, 5) is 44.0. The summed E-state index contributed by atoms with van der Waals surface area (Å²) in [5.74, 6) is -4.19. The molecule has 1 N–H and O–H groups in total. The average Bonchev–Trinajstić information content (AvgIpc) is 3.23. The van der Waals surface area contributed by atoms with Gasteiger partial charge in [0.25, 0.3) is 0 Å². The third-order valence-electron chi connectivity index (χ3n) is 8.93. The Kier molecular flexibility index (Phi) is 7.63. The van der Waals surface area contributed by atoms with Gasteiger partial charge in [-0.2, -0.15) is 0 Å². The number of Topliss-reactive ketones (excluding diaryl/α,β-unsaturated/α-hetero) is 1. The maximum Gasteiger partial charge on any atom is 0.330 e. The number of benzene rings is 3. The number of carboxylic acids is 1. The predicted molar refractivity (Wildman–Crippen MR) is 152 cm³/mol. The Morgan fingerprint density at radius 3 is 2.08 bits per heavy atom. The molecule has 1 saturated carbocycles. The highest BCUT2D eigenvalue weighted by Gasteiger charge is 2.65. The van der Waals surface area contributed by atoms with Gasteiger partial charge in [-0.1, -0.05) is 85.0 Å². The van der Waals surface area contributed by atoms with Crippen molar-refractivity contribution in [3.05, 3.63) is 106 Å². The van der Waals surface area contributed by atoms with E-state index in [1.807, 2.05) is 50.2 Å². The highest BCUT2D eigenvalue weighted by atomic mass is 19.1. The summed E-state index contributed by atoms with van der Waals surface area (Å²) in [5.41, 5.74) is 1.83. The summed E-state index contributed by atoms with van der Waals surface area (Å²) in [5, 5.41) is 10.9. The zero-order valence-electron chi connectivity index (χ0n) is 23.3. The molecule has 0 bridgehead atoms. The van der Waals surface area contributed by atoms with Crippen LogP contribution < -0.4 is 0 Å². The number of aliphatic carboxylic acids is 1. The van der Waals surface area contributed by atoms with Crippen molar-refractivity contribution in [1.82, 2.24) is 4.90 Å². The molecule has 6 heteroatoms. The lowest BCUT2D eigenvalue weighted by atomic mass is 9.71. The molecular weight excluding hydrogens is 505 g/mol. The predicted octanol–water partition coefficient (Wildman–Crippen LogP) is 7.03. The van der Waals surface area contributed by atoms with Crippen LogP contribution in [-0.4, -0.2) is 33.2 Å². The Morgan fingerprint density at radius 2 is 1.48 bits per heavy atom. The number of carbonyl (C=O) groups is 3. The normalized spacial score (nSPS) is 25.1. The number of halogens is 1. The second-order valence-electron chi connectivity index (χ2n) is 11.6. The summed E-state index contributed by atoms with van der Waals surface area (Å²) in [6, 6.07) is 19.8. The summed E-state index contributed by atoms with van der Waals surface area (Å²) in [7, 11) is 0. The molecule has 40 heavy (non-hydrogen) atoms. The third kappa shape index (κ3) is 4.85. The van der Waals surface area contributed by atoms with Crippen molar-refractivity contribution in [3.8, 4) is 0 Å². The number of ketones is 1. The Labute approximate surface area is 235 Å². The Hall–Kier alpha value is -3.80. The minimum atomic E-state index is -1.75. The highest BCUT2D eigenvalue weighted by Crippen LogP contribution is 2.57. The minimum Gasteiger partial charge on any atom is -0.479 e. The average molecular weight is 542 g/mol. The summed E-state index contributed by atoms with van der Waals surface area (Å²) in [6.45, 7) is 5.41. The fourth-order valence-corrected chi connectivity index (χ4v) is 6.98. The number of likely N-dealkylation sites (tertiary alicyclic amines) is 1. The first-order valence-electron chi connectivity index (χ1n) is 14.1. The van der Waals surface area contributed by atoms with E-state index in [0.717, 1.165) is 36.0 Å². The van der Waals surface area contributed by atoms with Crippen molar-refractivity contribution in [1.29, 1.82) is 0 Å². The van der Waals surface area contributed by atoms with Crippen molar-refractivity contribution >= 4 is 17.7 Å². The molecule has 1 amide bonds. The molecule has 5 nitrogen and oxygen atoms in total. The van der Waals surface area contributed by atoms with Crippen molar-refractivity contribution in [2.24, 2.45) is 11.8 Å². The number of hydrogen-bond acceptors (Lipinski definition) is 3. The third-order valence-corrected chi connectivity index (χ3v) is 8.93. The van der Waals surface area contributed by atoms with E-state index in [2.05, 4.69) is 0 Å². The molecule has 2 fully saturated rings. The van der Waals surface area contributed by atoms with E-state index in [9.17, 15) is 23.9 Å². The molecule has 1 saturated heterocycles. The van der Waals surface area contributed by atoms with E-state index in [0.29, 0.717) is 24.0 Å². The molecule has 4 atom stereocenters. The second-order valence-corrected chi connectivity index (χ2v) is 11.6. The fraction of sp³-hybridized carbons (Fsp3) is 0.382. The molecule has 4 unspecified atom stereocenters. The summed E-state index contributed by atoms with van der Waals surface area (Å²) < 4.78 is 14.1. The quantitative estimate of drug-likeness (QED) is 0.340. The first-order chi connectivity index (χ1) is 19.1. The van der Waals surface area contributed by atoms with Gasteiger partial charge < -0.3 is 10.0 Å². The SMILES string of the molecule is Cc1cccc(C(=O)C2C(c3cccc(C)c3)N(C(=O)C3CCCCC3)C(C)(C(=O)O)C2c2ccc(F)cc2)c1. The first kappa shape index (κ1) is 27.8. The van der Waals surface area contributed by atoms with E-state index in [1.54, 1.807) is 31.2 Å². The van der Waals surface area contributed by atoms with Gasteiger partial charge in [0.1, 0.15) is 11.4 Å². The van der Waals surface area contributed by atoms with Gasteiger partial charge in [-0.3, -0.25) is 9.59 Å². The van der Waals surface area contributed by atoms with E-state index >= 15 is 0 Å². The van der Waals surface area contributed by atoms with Crippen LogP contribution in [-0.2, 0) is 9.59 Å². The molecular formula is C34H36FNO4. The van der Waals surface area contributed by atoms with E-state index in [1.165, 1.54) is 17.0 Å². The number of amides is 1. The zero-order chi connectivity index (χ0) is 28.6. The van der Waals surface area contributed by atoms with Gasteiger partial charge >= 0.3 is 5.97 Å². The smallest absolute Gasteiger partial charge is 0.330 e. The van der Waals surface area contributed by atoms with Crippen LogP contribution in [0.5, 0.6) is 0 Å². The van der Waals surface area contributed by atoms with Gasteiger partial charge in [-0.25, -0.2) is 9.18 Å². The standard InChI is InChI=1S/C34H36FNO4/c1-21-9-7-13-25(19-21)30-28(31(37)26-14-8-10-22(2)20-26)29(23-15-17-27(35)18-16-23)34(3,33(39)40)36(30)32(38)24-11-5-4-6-12-24/h7-10,13-20,24,28-30H,4-6,11-12H2,1-3H3,(H,39,40). The maximum absolute atomic E-state index is 14.6. The van der Waals surface area contributed by atoms with Gasteiger partial charge in [-0.15, -0.1) is 0 Å². The molecule has 0 radical (unpaired) electrons. The lowest BCUT2D eigenvalue weighted by Crippen LogP contribution is -2.55. The molecule has 3 aromatic rings. The maximum atomic E-state index is 14.6. The number of hydrogen-bond donors (Lipinski definition) is 1. The molecule has 0 spiro atoms. The van der Waals surface area contributed by atoms with Crippen LogP contribution in [0.25, 0.3) is 0 Å². The van der Waals surface area contributed by atoms with Crippen LogP contribution in [0.1, 0.15) is 83.6 Å². The second kappa shape index (κ2) is 11.0. The van der Waals surface area contributed by atoms with Crippen LogP contribution in [0.2, 0.25) is 0 Å². The molecule has 1 heterocycles. The van der Waals surface area contributed by atoms with Crippen LogP contribution in [0.3, 0.4) is 0 Å². The van der Waals surface area contributed by atoms with Crippen molar-refractivity contribution in [2.75, 3.05) is 0 Å². The molecule has 3 aromatic carbocycles. The highest BCUT2D eigenvalue weighted by molar-refractivity contribution is 6.02. The largest absolute Gasteiger partial charge is 0.479 e. The molecule has 208 valence electrons. The number of nitrogens with zero attached hydrogens (tertiary/aromatic N) is 1.